The highest BCUT2D eigenvalue weighted by Gasteiger charge is 2.33. The highest BCUT2D eigenvalue weighted by atomic mass is 32.2. The lowest BCUT2D eigenvalue weighted by Crippen LogP contribution is -2.48. The van der Waals surface area contributed by atoms with Gasteiger partial charge >= 0.3 is 0 Å². The lowest BCUT2D eigenvalue weighted by atomic mass is 10.1. The summed E-state index contributed by atoms with van der Waals surface area (Å²) >= 11 is 0. The van der Waals surface area contributed by atoms with Crippen LogP contribution in [0.3, 0.4) is 0 Å². The van der Waals surface area contributed by atoms with E-state index in [2.05, 4.69) is 5.32 Å². The molecule has 0 aromatic rings. The van der Waals surface area contributed by atoms with Crippen LogP contribution in [0.5, 0.6) is 0 Å². The molecule has 1 heterocycles. The Kier molecular flexibility index (Phi) is 3.76. The van der Waals surface area contributed by atoms with Crippen LogP contribution in [-0.4, -0.2) is 56.4 Å². The van der Waals surface area contributed by atoms with Gasteiger partial charge in [0, 0.05) is 12.8 Å². The molecule has 0 bridgehead atoms. The van der Waals surface area contributed by atoms with Gasteiger partial charge in [-0.2, -0.15) is 0 Å². The van der Waals surface area contributed by atoms with Crippen molar-refractivity contribution in [3.63, 3.8) is 0 Å². The minimum atomic E-state index is -3.10. The third-order valence-electron chi connectivity index (χ3n) is 2.84. The van der Waals surface area contributed by atoms with E-state index >= 15 is 0 Å². The Bertz CT molecular complexity index is 312. The first-order valence-electron chi connectivity index (χ1n) is 4.93. The van der Waals surface area contributed by atoms with Crippen LogP contribution in [0.15, 0.2) is 0 Å². The normalized spacial score (nSPS) is 28.3. The van der Waals surface area contributed by atoms with Gasteiger partial charge in [0.25, 0.3) is 0 Å². The molecule has 0 spiro atoms. The maximum absolute atomic E-state index is 11.4. The number of nitrogens with one attached hydrogen (secondary N) is 1. The standard InChI is InChI=1S/C9H19NO4S/c1-9(2,15(3,12)13)6-10-7-4-14-5-8(7)11/h7-8,10-11H,4-6H2,1-3H3. The van der Waals surface area contributed by atoms with Crippen molar-refractivity contribution in [2.24, 2.45) is 0 Å². The summed E-state index contributed by atoms with van der Waals surface area (Å²) in [5.41, 5.74) is 0. The van der Waals surface area contributed by atoms with Crippen LogP contribution < -0.4 is 5.32 Å². The molecule has 0 saturated carbocycles. The second-order valence-corrected chi connectivity index (χ2v) is 7.27. The van der Waals surface area contributed by atoms with Crippen molar-refractivity contribution in [1.82, 2.24) is 5.32 Å². The van der Waals surface area contributed by atoms with Crippen molar-refractivity contribution in [3.8, 4) is 0 Å². The van der Waals surface area contributed by atoms with Gasteiger partial charge in [-0.05, 0) is 13.8 Å². The Labute approximate surface area is 90.7 Å². The Morgan fingerprint density at radius 1 is 1.47 bits per heavy atom. The molecule has 6 heteroatoms. The summed E-state index contributed by atoms with van der Waals surface area (Å²) in [5.74, 6) is 0. The maximum Gasteiger partial charge on any atom is 0.153 e. The minimum absolute atomic E-state index is 0.161. The molecule has 1 saturated heterocycles. The summed E-state index contributed by atoms with van der Waals surface area (Å²) in [6, 6.07) is -0.161. The molecule has 1 aliphatic heterocycles. The van der Waals surface area contributed by atoms with Gasteiger partial charge in [-0.1, -0.05) is 0 Å². The van der Waals surface area contributed by atoms with Gasteiger partial charge in [-0.15, -0.1) is 0 Å². The van der Waals surface area contributed by atoms with Crippen molar-refractivity contribution >= 4 is 9.84 Å². The fraction of sp³-hybridized carbons (Fsp3) is 1.00. The van der Waals surface area contributed by atoms with Gasteiger partial charge in [0.15, 0.2) is 9.84 Å². The van der Waals surface area contributed by atoms with E-state index in [1.165, 1.54) is 6.26 Å². The number of hydrogen-bond donors (Lipinski definition) is 2. The number of rotatable bonds is 4. The number of hydrogen-bond acceptors (Lipinski definition) is 5. The number of aliphatic hydroxyl groups is 1. The Morgan fingerprint density at radius 2 is 2.07 bits per heavy atom. The second kappa shape index (κ2) is 4.37. The summed E-state index contributed by atoms with van der Waals surface area (Å²) < 4.78 is 27.0. The summed E-state index contributed by atoms with van der Waals surface area (Å²) in [6.45, 7) is 4.39. The van der Waals surface area contributed by atoms with Crippen LogP contribution in [0, 0.1) is 0 Å². The van der Waals surface area contributed by atoms with Crippen LogP contribution in [0.25, 0.3) is 0 Å². The molecule has 1 fully saturated rings. The van der Waals surface area contributed by atoms with E-state index in [1.54, 1.807) is 13.8 Å². The molecule has 90 valence electrons. The second-order valence-electron chi connectivity index (χ2n) is 4.62. The average Bonchev–Trinajstić information content (AvgIpc) is 2.46. The first-order valence-corrected chi connectivity index (χ1v) is 6.82. The lowest BCUT2D eigenvalue weighted by Gasteiger charge is -2.25. The van der Waals surface area contributed by atoms with E-state index in [9.17, 15) is 13.5 Å². The predicted octanol–water partition coefficient (Wildman–Crippen LogP) is -0.841. The largest absolute Gasteiger partial charge is 0.389 e. The lowest BCUT2D eigenvalue weighted by molar-refractivity contribution is 0.122. The van der Waals surface area contributed by atoms with Crippen LogP contribution in [-0.2, 0) is 14.6 Å². The molecule has 5 nitrogen and oxygen atoms in total. The van der Waals surface area contributed by atoms with E-state index in [0.29, 0.717) is 19.8 Å². The van der Waals surface area contributed by atoms with Gasteiger partial charge < -0.3 is 15.2 Å². The predicted molar refractivity (Wildman–Crippen MR) is 57.5 cm³/mol. The highest BCUT2D eigenvalue weighted by Crippen LogP contribution is 2.15. The van der Waals surface area contributed by atoms with Crippen molar-refractivity contribution < 1.29 is 18.3 Å². The third kappa shape index (κ3) is 3.14. The van der Waals surface area contributed by atoms with Crippen LogP contribution in [0.1, 0.15) is 13.8 Å². The molecule has 0 amide bonds. The number of aliphatic hydroxyl groups excluding tert-OH is 1. The molecule has 0 aliphatic carbocycles. The molecular formula is C9H19NO4S. The fourth-order valence-corrected chi connectivity index (χ4v) is 1.59. The first-order chi connectivity index (χ1) is 6.74. The minimum Gasteiger partial charge on any atom is -0.389 e. The molecule has 1 rings (SSSR count). The van der Waals surface area contributed by atoms with E-state index in [0.717, 1.165) is 0 Å². The summed E-state index contributed by atoms with van der Waals surface area (Å²) in [6.07, 6.45) is 0.677. The van der Waals surface area contributed by atoms with Crippen LogP contribution >= 0.6 is 0 Å². The van der Waals surface area contributed by atoms with Crippen molar-refractivity contribution in [1.29, 1.82) is 0 Å². The zero-order chi connectivity index (χ0) is 11.7. The SMILES string of the molecule is CC(C)(CNC1COCC1O)S(C)(=O)=O. The zero-order valence-corrected chi connectivity index (χ0v) is 10.2. The topological polar surface area (TPSA) is 75.6 Å². The van der Waals surface area contributed by atoms with Crippen molar-refractivity contribution in [2.75, 3.05) is 26.0 Å². The van der Waals surface area contributed by atoms with Gasteiger partial charge in [-0.25, -0.2) is 8.42 Å². The molecular weight excluding hydrogens is 218 g/mol. The molecule has 2 N–H and O–H groups in total. The van der Waals surface area contributed by atoms with E-state index < -0.39 is 20.7 Å². The zero-order valence-electron chi connectivity index (χ0n) is 9.36. The molecule has 0 aromatic heterocycles. The van der Waals surface area contributed by atoms with Crippen molar-refractivity contribution in [2.45, 2.75) is 30.7 Å². The molecule has 0 aromatic carbocycles. The average molecular weight is 237 g/mol. The Hall–Kier alpha value is -0.170. The maximum atomic E-state index is 11.4. The molecule has 2 unspecified atom stereocenters. The molecule has 15 heavy (non-hydrogen) atoms. The van der Waals surface area contributed by atoms with E-state index in [-0.39, 0.29) is 6.04 Å². The monoisotopic (exact) mass is 237 g/mol. The van der Waals surface area contributed by atoms with E-state index in [4.69, 9.17) is 4.74 Å². The molecule has 0 radical (unpaired) electrons. The van der Waals surface area contributed by atoms with Crippen molar-refractivity contribution in [3.05, 3.63) is 0 Å². The first kappa shape index (κ1) is 12.9. The summed E-state index contributed by atoms with van der Waals surface area (Å²) in [4.78, 5) is 0. The quantitative estimate of drug-likeness (QED) is 0.667. The third-order valence-corrected chi connectivity index (χ3v) is 5.00. The molecule has 1 aliphatic rings. The summed E-state index contributed by atoms with van der Waals surface area (Å²) in [7, 11) is -3.10. The Balaban J connectivity index is 2.49. The number of ether oxygens (including phenoxy) is 1. The van der Waals surface area contributed by atoms with Gasteiger partial charge in [0.05, 0.1) is 30.1 Å². The Morgan fingerprint density at radius 3 is 2.47 bits per heavy atom. The van der Waals surface area contributed by atoms with Gasteiger partial charge in [-0.3, -0.25) is 0 Å². The summed E-state index contributed by atoms with van der Waals surface area (Å²) in [5, 5.41) is 12.5. The van der Waals surface area contributed by atoms with Crippen LogP contribution in [0.4, 0.5) is 0 Å². The fourth-order valence-electron chi connectivity index (χ4n) is 1.25. The van der Waals surface area contributed by atoms with Gasteiger partial charge in [0.2, 0.25) is 0 Å². The smallest absolute Gasteiger partial charge is 0.153 e. The highest BCUT2D eigenvalue weighted by molar-refractivity contribution is 7.92. The molecule has 2 atom stereocenters. The van der Waals surface area contributed by atoms with E-state index in [1.807, 2.05) is 0 Å². The number of sulfone groups is 1. The van der Waals surface area contributed by atoms with Gasteiger partial charge in [0.1, 0.15) is 0 Å². The van der Waals surface area contributed by atoms with Crippen LogP contribution in [0.2, 0.25) is 0 Å².